The average Bonchev–Trinajstić information content (AvgIpc) is 2.81. The fraction of sp³-hybridized carbons (Fsp3) is 0.600. The van der Waals surface area contributed by atoms with E-state index in [4.69, 9.17) is 10.5 Å². The Hall–Kier alpha value is -1.06. The number of ether oxygens (including phenoxy) is 1. The van der Waals surface area contributed by atoms with E-state index in [1.807, 2.05) is 6.07 Å². The van der Waals surface area contributed by atoms with E-state index in [0.717, 1.165) is 25.3 Å². The Balaban J connectivity index is 2.08. The molecule has 3 heteroatoms. The van der Waals surface area contributed by atoms with E-state index < -0.39 is 0 Å². The Labute approximate surface area is 110 Å². The predicted molar refractivity (Wildman–Crippen MR) is 75.1 cm³/mol. The number of fused-ring (bicyclic) bond motifs is 1. The second-order valence-corrected chi connectivity index (χ2v) is 5.48. The van der Waals surface area contributed by atoms with Gasteiger partial charge in [-0.1, -0.05) is 25.1 Å². The number of nitrogens with zero attached hydrogens (tertiary/aromatic N) is 1. The normalized spacial score (nSPS) is 21.5. The maximum atomic E-state index is 5.91. The summed E-state index contributed by atoms with van der Waals surface area (Å²) < 4.78 is 5.73. The quantitative estimate of drug-likeness (QED) is 0.868. The molecule has 0 amide bonds. The average molecular weight is 248 g/mol. The molecule has 3 nitrogen and oxygen atoms in total. The SMILES string of the molecule is CCC(C)(CN)N(C)CC1COc2ccccc21. The lowest BCUT2D eigenvalue weighted by Gasteiger charge is -2.38. The van der Waals surface area contributed by atoms with E-state index in [0.29, 0.717) is 12.5 Å². The summed E-state index contributed by atoms with van der Waals surface area (Å²) in [7, 11) is 2.16. The van der Waals surface area contributed by atoms with Crippen molar-refractivity contribution in [1.82, 2.24) is 4.90 Å². The van der Waals surface area contributed by atoms with Gasteiger partial charge < -0.3 is 10.5 Å². The number of likely N-dealkylation sites (N-methyl/N-ethyl adjacent to an activating group) is 1. The maximum absolute atomic E-state index is 5.91. The van der Waals surface area contributed by atoms with Crippen LogP contribution in [0.15, 0.2) is 24.3 Å². The summed E-state index contributed by atoms with van der Waals surface area (Å²) in [5.41, 5.74) is 7.33. The van der Waals surface area contributed by atoms with Crippen molar-refractivity contribution in [3.8, 4) is 5.75 Å². The molecule has 1 aliphatic rings. The summed E-state index contributed by atoms with van der Waals surface area (Å²) in [6, 6.07) is 8.34. The first kappa shape index (κ1) is 13.4. The molecule has 0 bridgehead atoms. The monoisotopic (exact) mass is 248 g/mol. The van der Waals surface area contributed by atoms with Crippen LogP contribution in [0.3, 0.4) is 0 Å². The molecule has 2 N–H and O–H groups in total. The van der Waals surface area contributed by atoms with Gasteiger partial charge in [0.2, 0.25) is 0 Å². The number of hydrogen-bond acceptors (Lipinski definition) is 3. The zero-order valence-corrected chi connectivity index (χ0v) is 11.6. The van der Waals surface area contributed by atoms with Crippen molar-refractivity contribution in [3.63, 3.8) is 0 Å². The largest absolute Gasteiger partial charge is 0.493 e. The molecule has 0 aliphatic carbocycles. The minimum Gasteiger partial charge on any atom is -0.493 e. The Morgan fingerprint density at radius 1 is 1.44 bits per heavy atom. The van der Waals surface area contributed by atoms with Crippen molar-refractivity contribution >= 4 is 0 Å². The Kier molecular flexibility index (Phi) is 3.93. The molecule has 1 aromatic rings. The molecule has 0 saturated heterocycles. The number of rotatable bonds is 5. The second kappa shape index (κ2) is 5.29. The number of benzene rings is 1. The highest BCUT2D eigenvalue weighted by molar-refractivity contribution is 5.39. The van der Waals surface area contributed by atoms with E-state index >= 15 is 0 Å². The van der Waals surface area contributed by atoms with E-state index in [2.05, 4.69) is 44.0 Å². The molecule has 1 aliphatic heterocycles. The molecule has 1 heterocycles. The summed E-state index contributed by atoms with van der Waals surface area (Å²) in [6.07, 6.45) is 1.06. The third kappa shape index (κ3) is 2.38. The van der Waals surface area contributed by atoms with Gasteiger partial charge in [0.15, 0.2) is 0 Å². The Morgan fingerprint density at radius 2 is 2.17 bits per heavy atom. The van der Waals surface area contributed by atoms with Crippen molar-refractivity contribution in [2.24, 2.45) is 5.73 Å². The first-order valence-electron chi connectivity index (χ1n) is 6.73. The number of hydrogen-bond donors (Lipinski definition) is 1. The lowest BCUT2D eigenvalue weighted by Crippen LogP contribution is -2.50. The third-order valence-corrected chi connectivity index (χ3v) is 4.42. The van der Waals surface area contributed by atoms with Crippen LogP contribution < -0.4 is 10.5 Å². The van der Waals surface area contributed by atoms with Gasteiger partial charge in [-0.25, -0.2) is 0 Å². The molecule has 100 valence electrons. The molecule has 1 aromatic carbocycles. The van der Waals surface area contributed by atoms with Gasteiger partial charge in [-0.15, -0.1) is 0 Å². The summed E-state index contributed by atoms with van der Waals surface area (Å²) >= 11 is 0. The van der Waals surface area contributed by atoms with Gasteiger partial charge in [-0.05, 0) is 26.5 Å². The van der Waals surface area contributed by atoms with Crippen molar-refractivity contribution < 1.29 is 4.74 Å². The van der Waals surface area contributed by atoms with E-state index in [1.165, 1.54) is 5.56 Å². The topological polar surface area (TPSA) is 38.5 Å². The summed E-state index contributed by atoms with van der Waals surface area (Å²) in [5.74, 6) is 1.51. The zero-order chi connectivity index (χ0) is 13.2. The van der Waals surface area contributed by atoms with Crippen LogP contribution in [0.25, 0.3) is 0 Å². The minimum absolute atomic E-state index is 0.0809. The molecule has 0 aromatic heterocycles. The standard InChI is InChI=1S/C15H24N2O/c1-4-15(2,11-16)17(3)9-12-10-18-14-8-6-5-7-13(12)14/h5-8,12H,4,9-11,16H2,1-3H3. The molecular weight excluding hydrogens is 224 g/mol. The van der Waals surface area contributed by atoms with Crippen LogP contribution in [0.4, 0.5) is 0 Å². The highest BCUT2D eigenvalue weighted by atomic mass is 16.5. The molecule has 0 radical (unpaired) electrons. The van der Waals surface area contributed by atoms with Crippen molar-refractivity contribution in [1.29, 1.82) is 0 Å². The second-order valence-electron chi connectivity index (χ2n) is 5.48. The van der Waals surface area contributed by atoms with Gasteiger partial charge in [-0.3, -0.25) is 4.90 Å². The third-order valence-electron chi connectivity index (χ3n) is 4.42. The van der Waals surface area contributed by atoms with Gasteiger partial charge in [0.05, 0.1) is 6.61 Å². The predicted octanol–water partition coefficient (Wildman–Crippen LogP) is 2.22. The molecule has 0 spiro atoms. The minimum atomic E-state index is 0.0809. The summed E-state index contributed by atoms with van der Waals surface area (Å²) in [5, 5.41) is 0. The number of nitrogens with two attached hydrogens (primary N) is 1. The van der Waals surface area contributed by atoms with Gasteiger partial charge in [0, 0.05) is 30.1 Å². The first-order chi connectivity index (χ1) is 8.60. The van der Waals surface area contributed by atoms with Crippen LogP contribution in [0.5, 0.6) is 5.75 Å². The van der Waals surface area contributed by atoms with Crippen LogP contribution in [-0.4, -0.2) is 37.2 Å². The van der Waals surface area contributed by atoms with Gasteiger partial charge in [-0.2, -0.15) is 0 Å². The Morgan fingerprint density at radius 3 is 2.83 bits per heavy atom. The first-order valence-corrected chi connectivity index (χ1v) is 6.73. The molecule has 0 fully saturated rings. The van der Waals surface area contributed by atoms with Gasteiger partial charge in [0.25, 0.3) is 0 Å². The molecule has 0 saturated carbocycles. The van der Waals surface area contributed by atoms with Crippen molar-refractivity contribution in [2.75, 3.05) is 26.7 Å². The van der Waals surface area contributed by atoms with E-state index in [1.54, 1.807) is 0 Å². The fourth-order valence-corrected chi connectivity index (χ4v) is 2.50. The molecule has 2 atom stereocenters. The van der Waals surface area contributed by atoms with Crippen LogP contribution in [0.1, 0.15) is 31.7 Å². The van der Waals surface area contributed by atoms with Crippen molar-refractivity contribution in [2.45, 2.75) is 31.7 Å². The lowest BCUT2D eigenvalue weighted by molar-refractivity contribution is 0.125. The van der Waals surface area contributed by atoms with Gasteiger partial charge in [0.1, 0.15) is 5.75 Å². The number of para-hydroxylation sites is 1. The zero-order valence-electron chi connectivity index (χ0n) is 11.6. The summed E-state index contributed by atoms with van der Waals surface area (Å²) in [4.78, 5) is 2.38. The van der Waals surface area contributed by atoms with E-state index in [-0.39, 0.29) is 5.54 Å². The highest BCUT2D eigenvalue weighted by Crippen LogP contribution is 2.34. The maximum Gasteiger partial charge on any atom is 0.122 e. The Bertz CT molecular complexity index is 401. The fourth-order valence-electron chi connectivity index (χ4n) is 2.50. The van der Waals surface area contributed by atoms with E-state index in [9.17, 15) is 0 Å². The molecule has 18 heavy (non-hydrogen) atoms. The summed E-state index contributed by atoms with van der Waals surface area (Å²) in [6.45, 7) is 6.90. The van der Waals surface area contributed by atoms with Crippen molar-refractivity contribution in [3.05, 3.63) is 29.8 Å². The lowest BCUT2D eigenvalue weighted by atomic mass is 9.94. The molecular formula is C15H24N2O. The molecule has 2 rings (SSSR count). The van der Waals surface area contributed by atoms with Crippen LogP contribution in [0, 0.1) is 0 Å². The van der Waals surface area contributed by atoms with Gasteiger partial charge >= 0.3 is 0 Å². The van der Waals surface area contributed by atoms with Crippen LogP contribution >= 0.6 is 0 Å². The van der Waals surface area contributed by atoms with Crippen LogP contribution in [0.2, 0.25) is 0 Å². The highest BCUT2D eigenvalue weighted by Gasteiger charge is 2.31. The smallest absolute Gasteiger partial charge is 0.122 e. The van der Waals surface area contributed by atoms with Crippen LogP contribution in [-0.2, 0) is 0 Å². The molecule has 2 unspecified atom stereocenters.